The predicted octanol–water partition coefficient (Wildman–Crippen LogP) is 2.17. The van der Waals surface area contributed by atoms with E-state index in [1.54, 1.807) is 19.1 Å². The lowest BCUT2D eigenvalue weighted by Crippen LogP contribution is -2.31. The summed E-state index contributed by atoms with van der Waals surface area (Å²) < 4.78 is 9.93. The average Bonchev–Trinajstić information content (AvgIpc) is 3.04. The minimum Gasteiger partial charge on any atom is -0.506 e. The quantitative estimate of drug-likeness (QED) is 0.490. The molecular formula is C17H22N6O5. The number of aromatic nitrogens is 3. The lowest BCUT2D eigenvalue weighted by Gasteiger charge is -2.24. The van der Waals surface area contributed by atoms with Crippen LogP contribution < -0.4 is 4.90 Å². The van der Waals surface area contributed by atoms with E-state index in [9.17, 15) is 14.7 Å². The molecule has 0 unspecified atom stereocenters. The second-order valence-electron chi connectivity index (χ2n) is 5.76. The molecule has 0 aliphatic rings. The third kappa shape index (κ3) is 6.67. The molecule has 0 fully saturated rings. The third-order valence-corrected chi connectivity index (χ3v) is 3.49. The number of H-pyrrole nitrogens is 1. The smallest absolute Gasteiger partial charge is 0.302 e. The van der Waals surface area contributed by atoms with Crippen molar-refractivity contribution in [2.75, 3.05) is 31.2 Å². The third-order valence-electron chi connectivity index (χ3n) is 3.49. The molecule has 150 valence electrons. The highest BCUT2D eigenvalue weighted by molar-refractivity contribution is 5.66. The Hall–Kier alpha value is -3.50. The summed E-state index contributed by atoms with van der Waals surface area (Å²) in [5.41, 5.74) is 0.885. The van der Waals surface area contributed by atoms with Gasteiger partial charge in [0.25, 0.3) is 5.95 Å². The summed E-state index contributed by atoms with van der Waals surface area (Å²) in [6, 6.07) is 4.80. The Morgan fingerprint density at radius 2 is 1.79 bits per heavy atom. The van der Waals surface area contributed by atoms with Gasteiger partial charge in [-0.2, -0.15) is 4.98 Å². The molecule has 11 heteroatoms. The number of phenolic OH excluding ortho intramolecular Hbond substituents is 1. The highest BCUT2D eigenvalue weighted by Crippen LogP contribution is 2.32. The molecule has 0 spiro atoms. The molecule has 1 aromatic carbocycles. The Bertz CT molecular complexity index is 830. The molecule has 0 saturated heterocycles. The predicted molar refractivity (Wildman–Crippen MR) is 98.9 cm³/mol. The molecule has 1 aromatic heterocycles. The second-order valence-corrected chi connectivity index (χ2v) is 5.76. The zero-order valence-corrected chi connectivity index (χ0v) is 15.9. The van der Waals surface area contributed by atoms with Crippen LogP contribution in [-0.2, 0) is 19.1 Å². The van der Waals surface area contributed by atoms with Crippen LogP contribution >= 0.6 is 0 Å². The maximum absolute atomic E-state index is 11.0. The first-order valence-electron chi connectivity index (χ1n) is 8.50. The Morgan fingerprint density at radius 1 is 1.14 bits per heavy atom. The largest absolute Gasteiger partial charge is 0.506 e. The van der Waals surface area contributed by atoms with E-state index < -0.39 is 0 Å². The van der Waals surface area contributed by atoms with Gasteiger partial charge in [-0.05, 0) is 19.1 Å². The monoisotopic (exact) mass is 390 g/mol. The van der Waals surface area contributed by atoms with Crippen LogP contribution in [-0.4, -0.2) is 58.5 Å². The summed E-state index contributed by atoms with van der Waals surface area (Å²) in [5, 5.41) is 24.5. The van der Waals surface area contributed by atoms with Crippen molar-refractivity contribution in [2.45, 2.75) is 20.8 Å². The number of rotatable bonds is 9. The number of phenols is 1. The Kier molecular flexibility index (Phi) is 7.43. The number of anilines is 1. The molecule has 28 heavy (non-hydrogen) atoms. The fourth-order valence-corrected chi connectivity index (χ4v) is 2.24. The molecule has 0 amide bonds. The van der Waals surface area contributed by atoms with Gasteiger partial charge in [-0.15, -0.1) is 15.3 Å². The Balaban J connectivity index is 2.10. The van der Waals surface area contributed by atoms with Crippen LogP contribution in [0.3, 0.4) is 0 Å². The fourth-order valence-electron chi connectivity index (χ4n) is 2.24. The summed E-state index contributed by atoms with van der Waals surface area (Å²) in [5.74, 6) is -0.116. The molecule has 0 aliphatic carbocycles. The lowest BCUT2D eigenvalue weighted by atomic mass is 10.2. The van der Waals surface area contributed by atoms with Gasteiger partial charge in [-0.1, -0.05) is 0 Å². The number of aromatic hydroxyl groups is 1. The molecule has 2 rings (SSSR count). The highest BCUT2D eigenvalue weighted by Gasteiger charge is 2.11. The van der Waals surface area contributed by atoms with Gasteiger partial charge in [0.15, 0.2) is 0 Å². The van der Waals surface area contributed by atoms with E-state index in [0.29, 0.717) is 24.6 Å². The van der Waals surface area contributed by atoms with Gasteiger partial charge in [0, 0.05) is 25.6 Å². The normalized spacial score (nSPS) is 10.8. The molecule has 0 bridgehead atoms. The Labute approximate surface area is 161 Å². The molecule has 2 N–H and O–H groups in total. The average molecular weight is 390 g/mol. The molecule has 0 saturated carbocycles. The molecule has 11 nitrogen and oxygen atoms in total. The van der Waals surface area contributed by atoms with Crippen LogP contribution in [0, 0.1) is 6.92 Å². The first-order chi connectivity index (χ1) is 13.3. The van der Waals surface area contributed by atoms with Gasteiger partial charge >= 0.3 is 11.9 Å². The fraction of sp³-hybridized carbons (Fsp3) is 0.412. The number of ether oxygens (including phenoxy) is 2. The van der Waals surface area contributed by atoms with Gasteiger partial charge in [0.1, 0.15) is 30.5 Å². The van der Waals surface area contributed by atoms with Crippen LogP contribution in [0.15, 0.2) is 28.4 Å². The molecule has 0 atom stereocenters. The maximum Gasteiger partial charge on any atom is 0.302 e. The van der Waals surface area contributed by atoms with E-state index in [0.717, 1.165) is 0 Å². The van der Waals surface area contributed by atoms with Crippen molar-refractivity contribution in [1.82, 2.24) is 15.2 Å². The molecule has 1 heterocycles. The summed E-state index contributed by atoms with van der Waals surface area (Å²) in [6.07, 6.45) is 0. The zero-order valence-electron chi connectivity index (χ0n) is 15.9. The summed E-state index contributed by atoms with van der Waals surface area (Å²) in [7, 11) is 0. The number of aryl methyl sites for hydroxylation is 1. The van der Waals surface area contributed by atoms with Crippen molar-refractivity contribution in [2.24, 2.45) is 10.2 Å². The number of nitrogens with zero attached hydrogens (tertiary/aromatic N) is 5. The van der Waals surface area contributed by atoms with Crippen LogP contribution in [0.1, 0.15) is 19.7 Å². The zero-order chi connectivity index (χ0) is 20.5. The number of hydrogen-bond donors (Lipinski definition) is 2. The lowest BCUT2D eigenvalue weighted by molar-refractivity contribution is -0.141. The van der Waals surface area contributed by atoms with E-state index in [2.05, 4.69) is 25.4 Å². The number of hydrogen-bond acceptors (Lipinski definition) is 10. The Morgan fingerprint density at radius 3 is 2.29 bits per heavy atom. The van der Waals surface area contributed by atoms with Crippen LogP contribution in [0.5, 0.6) is 5.75 Å². The second kappa shape index (κ2) is 10.00. The van der Waals surface area contributed by atoms with E-state index in [1.807, 2.05) is 4.90 Å². The summed E-state index contributed by atoms with van der Waals surface area (Å²) in [6.45, 7) is 5.41. The standard InChI is InChI=1S/C17H22N6O5/c1-11-18-17(21-19-11)22-20-15-5-4-14(10-16(15)26)23(6-8-27-12(2)24)7-9-28-13(3)25/h4-5,10,26H,6-9H2,1-3H3,(H,18,19,21). The van der Waals surface area contributed by atoms with Crippen molar-refractivity contribution in [3.05, 3.63) is 24.0 Å². The number of azo groups is 1. The number of carbonyl (C=O) groups excluding carboxylic acids is 2. The van der Waals surface area contributed by atoms with E-state index in [4.69, 9.17) is 9.47 Å². The topological polar surface area (TPSA) is 142 Å². The van der Waals surface area contributed by atoms with Crippen molar-refractivity contribution in [3.63, 3.8) is 0 Å². The summed E-state index contributed by atoms with van der Waals surface area (Å²) in [4.78, 5) is 27.7. The van der Waals surface area contributed by atoms with Crippen LogP contribution in [0.25, 0.3) is 0 Å². The van der Waals surface area contributed by atoms with E-state index >= 15 is 0 Å². The van der Waals surface area contributed by atoms with Gasteiger partial charge in [-0.25, -0.2) is 0 Å². The number of benzene rings is 1. The minimum absolute atomic E-state index is 0.0986. The van der Waals surface area contributed by atoms with Crippen molar-refractivity contribution in [3.8, 4) is 5.75 Å². The molecule has 2 aromatic rings. The van der Waals surface area contributed by atoms with Crippen molar-refractivity contribution < 1.29 is 24.2 Å². The minimum atomic E-state index is -0.388. The van der Waals surface area contributed by atoms with Gasteiger partial charge in [0.2, 0.25) is 0 Å². The van der Waals surface area contributed by atoms with Gasteiger partial charge < -0.3 is 19.5 Å². The SMILES string of the molecule is CC(=O)OCCN(CCOC(C)=O)c1ccc(N=Nc2n[nH]c(C)n2)c(O)c1. The van der Waals surface area contributed by atoms with Crippen LogP contribution in [0.4, 0.5) is 17.3 Å². The molecular weight excluding hydrogens is 368 g/mol. The first-order valence-corrected chi connectivity index (χ1v) is 8.50. The number of esters is 2. The number of nitrogens with one attached hydrogen (secondary N) is 1. The van der Waals surface area contributed by atoms with E-state index in [1.165, 1.54) is 19.9 Å². The van der Waals surface area contributed by atoms with E-state index in [-0.39, 0.29) is 42.5 Å². The van der Waals surface area contributed by atoms with Gasteiger partial charge in [0.05, 0.1) is 13.1 Å². The molecule has 0 aliphatic heterocycles. The molecule has 0 radical (unpaired) electrons. The number of aromatic amines is 1. The van der Waals surface area contributed by atoms with Crippen molar-refractivity contribution >= 4 is 29.3 Å². The first kappa shape index (κ1) is 20.8. The highest BCUT2D eigenvalue weighted by atomic mass is 16.5. The number of carbonyl (C=O) groups is 2. The van der Waals surface area contributed by atoms with Crippen molar-refractivity contribution in [1.29, 1.82) is 0 Å². The van der Waals surface area contributed by atoms with Gasteiger partial charge in [-0.3, -0.25) is 14.7 Å². The summed E-state index contributed by atoms with van der Waals surface area (Å²) >= 11 is 0. The maximum atomic E-state index is 11.0. The van der Waals surface area contributed by atoms with Crippen LogP contribution in [0.2, 0.25) is 0 Å².